The Morgan fingerprint density at radius 3 is 2.89 bits per heavy atom. The molecular weight excluding hydrogens is 346 g/mol. The van der Waals surface area contributed by atoms with E-state index in [-0.39, 0.29) is 5.91 Å². The number of rotatable bonds is 4. The lowest BCUT2D eigenvalue weighted by Crippen LogP contribution is -2.17. The molecule has 100 valence electrons. The Morgan fingerprint density at radius 1 is 1.53 bits per heavy atom. The van der Waals surface area contributed by atoms with Crippen LogP contribution in [0.3, 0.4) is 0 Å². The molecule has 1 saturated heterocycles. The fourth-order valence-electron chi connectivity index (χ4n) is 1.73. The second-order valence-electron chi connectivity index (χ2n) is 3.86. The summed E-state index contributed by atoms with van der Waals surface area (Å²) in [5, 5.41) is 3.48. The summed E-state index contributed by atoms with van der Waals surface area (Å²) in [5.41, 5.74) is 2.07. The van der Waals surface area contributed by atoms with E-state index in [9.17, 15) is 4.79 Å². The number of thioether (sulfide) groups is 1. The van der Waals surface area contributed by atoms with Crippen LogP contribution in [0.4, 0.5) is 0 Å². The van der Waals surface area contributed by atoms with Crippen LogP contribution < -0.4 is 10.1 Å². The molecule has 1 aliphatic rings. The number of halogens is 1. The zero-order valence-corrected chi connectivity index (χ0v) is 13.5. The molecule has 0 atom stereocenters. The first-order valence-corrected chi connectivity index (χ1v) is 7.96. The number of benzene rings is 1. The molecule has 0 unspecified atom stereocenters. The van der Waals surface area contributed by atoms with Gasteiger partial charge in [-0.1, -0.05) is 52.0 Å². The SMILES string of the molecule is COc1cc(/C=C2/SC(=S)NC2=O)ccc1CCBr. The van der Waals surface area contributed by atoms with Crippen LogP contribution >= 0.6 is 39.9 Å². The van der Waals surface area contributed by atoms with Crippen molar-refractivity contribution in [2.24, 2.45) is 0 Å². The highest BCUT2D eigenvalue weighted by atomic mass is 79.9. The molecule has 0 aliphatic carbocycles. The van der Waals surface area contributed by atoms with E-state index >= 15 is 0 Å². The van der Waals surface area contributed by atoms with Crippen LogP contribution in [0.1, 0.15) is 11.1 Å². The molecular formula is C13H12BrNO2S2. The third-order valence-corrected chi connectivity index (χ3v) is 4.17. The summed E-state index contributed by atoms with van der Waals surface area (Å²) in [6, 6.07) is 5.92. The van der Waals surface area contributed by atoms with Crippen molar-refractivity contribution in [1.29, 1.82) is 0 Å². The third-order valence-electron chi connectivity index (χ3n) is 2.61. The van der Waals surface area contributed by atoms with Crippen molar-refractivity contribution in [3.63, 3.8) is 0 Å². The highest BCUT2D eigenvalue weighted by Gasteiger charge is 2.21. The molecule has 19 heavy (non-hydrogen) atoms. The standard InChI is InChI=1S/C13H12BrNO2S2/c1-17-10-6-8(2-3-9(10)4-5-14)7-11-12(16)15-13(18)19-11/h2-3,6-7H,4-5H2,1H3,(H,15,16,18)/b11-7+. The molecule has 1 heterocycles. The van der Waals surface area contributed by atoms with E-state index in [2.05, 4.69) is 21.2 Å². The highest BCUT2D eigenvalue weighted by Crippen LogP contribution is 2.28. The zero-order chi connectivity index (χ0) is 13.8. The number of thiocarbonyl (C=S) groups is 1. The second-order valence-corrected chi connectivity index (χ2v) is 6.37. The smallest absolute Gasteiger partial charge is 0.263 e. The molecule has 0 radical (unpaired) electrons. The molecule has 0 bridgehead atoms. The Bertz CT molecular complexity index is 558. The van der Waals surface area contributed by atoms with E-state index in [1.165, 1.54) is 11.8 Å². The van der Waals surface area contributed by atoms with Gasteiger partial charge in [-0.2, -0.15) is 0 Å². The fraction of sp³-hybridized carbons (Fsp3) is 0.231. The normalized spacial score (nSPS) is 16.8. The maximum Gasteiger partial charge on any atom is 0.263 e. The zero-order valence-electron chi connectivity index (χ0n) is 10.2. The first kappa shape index (κ1) is 14.6. The molecule has 0 aromatic heterocycles. The quantitative estimate of drug-likeness (QED) is 0.510. The van der Waals surface area contributed by atoms with Crippen molar-refractivity contribution in [3.8, 4) is 5.75 Å². The first-order valence-electron chi connectivity index (χ1n) is 5.62. The van der Waals surface area contributed by atoms with Crippen LogP contribution in [0.15, 0.2) is 23.1 Å². The van der Waals surface area contributed by atoms with E-state index in [4.69, 9.17) is 17.0 Å². The highest BCUT2D eigenvalue weighted by molar-refractivity contribution is 9.09. The number of hydrogen-bond donors (Lipinski definition) is 1. The predicted octanol–water partition coefficient (Wildman–Crippen LogP) is 3.12. The largest absolute Gasteiger partial charge is 0.496 e. The molecule has 1 aliphatic heterocycles. The number of amides is 1. The minimum atomic E-state index is -0.140. The average molecular weight is 358 g/mol. The number of nitrogens with one attached hydrogen (secondary N) is 1. The molecule has 1 aromatic rings. The van der Waals surface area contributed by atoms with Crippen molar-refractivity contribution in [2.75, 3.05) is 12.4 Å². The Hall–Kier alpha value is -0.850. The molecule has 0 saturated carbocycles. The van der Waals surface area contributed by atoms with Gasteiger partial charge in [0.25, 0.3) is 5.91 Å². The van der Waals surface area contributed by atoms with Crippen molar-refractivity contribution in [3.05, 3.63) is 34.2 Å². The van der Waals surface area contributed by atoms with Gasteiger partial charge >= 0.3 is 0 Å². The summed E-state index contributed by atoms with van der Waals surface area (Å²) in [7, 11) is 1.65. The van der Waals surface area contributed by atoms with E-state index in [1.807, 2.05) is 24.3 Å². The van der Waals surface area contributed by atoms with Crippen molar-refractivity contribution in [1.82, 2.24) is 5.32 Å². The predicted molar refractivity (Wildman–Crippen MR) is 86.8 cm³/mol. The average Bonchev–Trinajstić information content (AvgIpc) is 2.70. The third kappa shape index (κ3) is 3.58. The maximum atomic E-state index is 11.6. The molecule has 1 N–H and O–H groups in total. The number of ether oxygens (including phenoxy) is 1. The van der Waals surface area contributed by atoms with Crippen molar-refractivity contribution >= 4 is 56.2 Å². The first-order chi connectivity index (χ1) is 9.13. The molecule has 6 heteroatoms. The van der Waals surface area contributed by atoms with Crippen LogP contribution in [0.2, 0.25) is 0 Å². The topological polar surface area (TPSA) is 38.3 Å². The van der Waals surface area contributed by atoms with Gasteiger partial charge in [-0.05, 0) is 29.7 Å². The van der Waals surface area contributed by atoms with Gasteiger partial charge in [0, 0.05) is 5.33 Å². The van der Waals surface area contributed by atoms with Crippen LogP contribution in [-0.2, 0) is 11.2 Å². The van der Waals surface area contributed by atoms with Crippen LogP contribution in [0.25, 0.3) is 6.08 Å². The monoisotopic (exact) mass is 357 g/mol. The summed E-state index contributed by atoms with van der Waals surface area (Å²) >= 11 is 9.65. The van der Waals surface area contributed by atoms with Gasteiger partial charge in [0.05, 0.1) is 12.0 Å². The van der Waals surface area contributed by atoms with Gasteiger partial charge in [-0.15, -0.1) is 0 Å². The van der Waals surface area contributed by atoms with Gasteiger partial charge in [0.15, 0.2) is 0 Å². The molecule has 0 spiro atoms. The number of alkyl halides is 1. The minimum Gasteiger partial charge on any atom is -0.496 e. The Labute approximate surface area is 129 Å². The molecule has 2 rings (SSSR count). The van der Waals surface area contributed by atoms with Crippen LogP contribution in [-0.4, -0.2) is 22.7 Å². The molecule has 3 nitrogen and oxygen atoms in total. The lowest BCUT2D eigenvalue weighted by atomic mass is 10.1. The fourth-order valence-corrected chi connectivity index (χ4v) is 3.20. The molecule has 1 fully saturated rings. The Kier molecular flexibility index (Phi) is 5.01. The minimum absolute atomic E-state index is 0.140. The number of hydrogen-bond acceptors (Lipinski definition) is 4. The van der Waals surface area contributed by atoms with Gasteiger partial charge in [0.2, 0.25) is 0 Å². The molecule has 1 amide bonds. The number of carbonyl (C=O) groups is 1. The lowest BCUT2D eigenvalue weighted by Gasteiger charge is -2.08. The van der Waals surface area contributed by atoms with Gasteiger partial charge in [0.1, 0.15) is 10.1 Å². The summed E-state index contributed by atoms with van der Waals surface area (Å²) in [4.78, 5) is 12.2. The van der Waals surface area contributed by atoms with Crippen molar-refractivity contribution in [2.45, 2.75) is 6.42 Å². The number of carbonyl (C=O) groups excluding carboxylic acids is 1. The van der Waals surface area contributed by atoms with Gasteiger partial charge in [-0.25, -0.2) is 0 Å². The van der Waals surface area contributed by atoms with E-state index in [0.717, 1.165) is 28.6 Å². The molecule has 1 aromatic carbocycles. The van der Waals surface area contributed by atoms with Crippen molar-refractivity contribution < 1.29 is 9.53 Å². The number of methoxy groups -OCH3 is 1. The lowest BCUT2D eigenvalue weighted by molar-refractivity contribution is -0.115. The summed E-state index contributed by atoms with van der Waals surface area (Å²) in [5.74, 6) is 0.693. The van der Waals surface area contributed by atoms with Crippen LogP contribution in [0, 0.1) is 0 Å². The summed E-state index contributed by atoms with van der Waals surface area (Å²) in [6.45, 7) is 0. The van der Waals surface area contributed by atoms with Gasteiger partial charge in [-0.3, -0.25) is 4.79 Å². The van der Waals surface area contributed by atoms with E-state index < -0.39 is 0 Å². The Morgan fingerprint density at radius 2 is 2.32 bits per heavy atom. The Balaban J connectivity index is 2.29. The van der Waals surface area contributed by atoms with E-state index in [0.29, 0.717) is 9.23 Å². The van der Waals surface area contributed by atoms with Crippen LogP contribution in [0.5, 0.6) is 5.75 Å². The summed E-state index contributed by atoms with van der Waals surface area (Å²) in [6.07, 6.45) is 2.72. The van der Waals surface area contributed by atoms with Gasteiger partial charge < -0.3 is 10.1 Å². The summed E-state index contributed by atoms with van der Waals surface area (Å²) < 4.78 is 5.87. The number of aryl methyl sites for hydroxylation is 1. The second kappa shape index (κ2) is 6.54. The maximum absolute atomic E-state index is 11.6. The van der Waals surface area contributed by atoms with E-state index in [1.54, 1.807) is 7.11 Å².